The van der Waals surface area contributed by atoms with Crippen molar-refractivity contribution in [1.82, 2.24) is 0 Å². The second kappa shape index (κ2) is 108. The van der Waals surface area contributed by atoms with E-state index >= 15 is 0 Å². The number of rotatable bonds is 0. The standard InChI is InChI=1S/4BO2.Ti/c4*2-1-3;/q4*-1;+4. The van der Waals surface area contributed by atoms with E-state index in [0.29, 0.717) is 0 Å². The zero-order valence-electron chi connectivity index (χ0n) is 6.08. The van der Waals surface area contributed by atoms with Crippen LogP contribution in [-0.4, -0.2) is 29.4 Å². The molecule has 0 aromatic rings. The third-order valence-electron chi connectivity index (χ3n) is 0. The van der Waals surface area contributed by atoms with Gasteiger partial charge in [-0.05, 0) is 0 Å². The summed E-state index contributed by atoms with van der Waals surface area (Å²) >= 11 is 0. The second-order valence-electron chi connectivity index (χ2n) is 0.385. The Bertz CT molecular complexity index is 70.1. The average Bonchev–Trinajstić information content (AvgIpc) is 1.92. The molecule has 0 N–H and O–H groups in total. The maximum absolute atomic E-state index is 8.25. The molecule has 64 valence electrons. The van der Waals surface area contributed by atoms with E-state index in [2.05, 4.69) is 0 Å². The smallest absolute Gasteiger partial charge is 4.00 e. The van der Waals surface area contributed by atoms with Gasteiger partial charge in [-0.1, -0.05) is 0 Å². The van der Waals surface area contributed by atoms with E-state index < -0.39 is 29.4 Å². The van der Waals surface area contributed by atoms with Crippen LogP contribution in [0.1, 0.15) is 0 Å². The van der Waals surface area contributed by atoms with Crippen molar-refractivity contribution in [2.24, 2.45) is 0 Å². The first-order valence-electron chi connectivity index (χ1n) is 1.89. The molecule has 0 atom stereocenters. The average molecular weight is 219 g/mol. The fourth-order valence-electron chi connectivity index (χ4n) is 0. The third kappa shape index (κ3) is 2550. The van der Waals surface area contributed by atoms with Crippen LogP contribution in [0.2, 0.25) is 0 Å². The minimum Gasteiger partial charge on any atom is 4.00 e. The van der Waals surface area contributed by atoms with Crippen LogP contribution < -0.4 is 20.1 Å². The maximum atomic E-state index is 8.25. The summed E-state index contributed by atoms with van der Waals surface area (Å²) < 4.78 is 33.0. The summed E-state index contributed by atoms with van der Waals surface area (Å²) in [5, 5.41) is 33.0. The normalized spacial score (nSPS) is 2.46. The van der Waals surface area contributed by atoms with Gasteiger partial charge in [-0.3, -0.25) is 0 Å². The molecule has 0 spiro atoms. The van der Waals surface area contributed by atoms with Crippen molar-refractivity contribution < 1.29 is 60.6 Å². The van der Waals surface area contributed by atoms with Gasteiger partial charge in [0.2, 0.25) is 0 Å². The molecule has 0 saturated carbocycles. The monoisotopic (exact) mass is 220 g/mol. The Balaban J connectivity index is -0.0000000213. The van der Waals surface area contributed by atoms with Crippen LogP contribution in [0.25, 0.3) is 0 Å². The van der Waals surface area contributed by atoms with Gasteiger partial charge in [0.25, 0.3) is 0 Å². The summed E-state index contributed by atoms with van der Waals surface area (Å²) in [5.41, 5.74) is 0. The van der Waals surface area contributed by atoms with Gasteiger partial charge in [0.05, 0.1) is 0 Å². The summed E-state index contributed by atoms with van der Waals surface area (Å²) in [5.74, 6) is 0. The summed E-state index contributed by atoms with van der Waals surface area (Å²) in [6.07, 6.45) is 0. The van der Waals surface area contributed by atoms with Gasteiger partial charge in [0.15, 0.2) is 0 Å². The molecule has 0 unspecified atom stereocenters. The fraction of sp³-hybridized carbons (Fsp3) is 0. The molecule has 0 heterocycles. The Kier molecular flexibility index (Phi) is 243. The molecular weight excluding hydrogens is 219 g/mol. The van der Waals surface area contributed by atoms with E-state index in [9.17, 15) is 0 Å². The van der Waals surface area contributed by atoms with Crippen LogP contribution >= 0.6 is 0 Å². The van der Waals surface area contributed by atoms with Crippen LogP contribution in [0.4, 0.5) is 0 Å². The molecule has 8 nitrogen and oxygen atoms in total. The number of hydrogen-bond donors (Lipinski definition) is 0. The Labute approximate surface area is 90.4 Å². The van der Waals surface area contributed by atoms with Crippen molar-refractivity contribution in [3.8, 4) is 0 Å². The first-order chi connectivity index (χ1) is 5.66. The first-order valence-corrected chi connectivity index (χ1v) is 1.89. The van der Waals surface area contributed by atoms with Gasteiger partial charge in [-0.2, -0.15) is 0 Å². The van der Waals surface area contributed by atoms with E-state index in [1.165, 1.54) is 0 Å². The van der Waals surface area contributed by atoms with Crippen molar-refractivity contribution in [3.05, 3.63) is 0 Å². The van der Waals surface area contributed by atoms with E-state index in [-0.39, 0.29) is 21.7 Å². The van der Waals surface area contributed by atoms with Crippen molar-refractivity contribution in [3.63, 3.8) is 0 Å². The zero-order valence-corrected chi connectivity index (χ0v) is 7.64. The van der Waals surface area contributed by atoms with Crippen LogP contribution in [0.3, 0.4) is 0 Å². The quantitative estimate of drug-likeness (QED) is 0.363. The molecule has 0 aliphatic carbocycles. The van der Waals surface area contributed by atoms with Gasteiger partial charge in [-0.15, -0.1) is 0 Å². The van der Waals surface area contributed by atoms with Gasteiger partial charge < -0.3 is 0 Å². The van der Waals surface area contributed by atoms with Crippen molar-refractivity contribution >= 4 is 29.4 Å². The largest absolute Gasteiger partial charge is 4.00 e. The van der Waals surface area contributed by atoms with Crippen LogP contribution in [0, 0.1) is 0 Å². The molecule has 13 heteroatoms. The zero-order chi connectivity index (χ0) is 10.8. The Morgan fingerprint density at radius 3 is 0.538 bits per heavy atom. The molecule has 0 radical (unpaired) electrons. The van der Waals surface area contributed by atoms with Crippen molar-refractivity contribution in [2.45, 2.75) is 0 Å². The van der Waals surface area contributed by atoms with E-state index in [1.807, 2.05) is 0 Å². The van der Waals surface area contributed by atoms with Gasteiger partial charge in [0.1, 0.15) is 0 Å². The SMILES string of the molecule is O=B[O-].O=B[O-].O=B[O-].O=B[O-].[Ti+4]. The maximum Gasteiger partial charge on any atom is 4.00 e. The van der Waals surface area contributed by atoms with Crippen molar-refractivity contribution in [1.29, 1.82) is 0 Å². The van der Waals surface area contributed by atoms with Gasteiger partial charge >= 0.3 is 90.0 Å². The predicted octanol–water partition coefficient (Wildman–Crippen LogP) is -6.76. The predicted molar refractivity (Wildman–Crippen MR) is 25.8 cm³/mol. The number of hydrogen-bond acceptors (Lipinski definition) is 8. The molecule has 0 rings (SSSR count). The first kappa shape index (κ1) is 29.4. The van der Waals surface area contributed by atoms with Gasteiger partial charge in [-0.25, -0.2) is 0 Å². The van der Waals surface area contributed by atoms with E-state index in [4.69, 9.17) is 38.9 Å². The molecule has 0 fully saturated rings. The molecule has 0 aliphatic rings. The summed E-state index contributed by atoms with van der Waals surface area (Å²) in [7, 11) is -2.00. The Morgan fingerprint density at radius 1 is 0.538 bits per heavy atom. The van der Waals surface area contributed by atoms with E-state index in [0.717, 1.165) is 0 Å². The summed E-state index contributed by atoms with van der Waals surface area (Å²) in [6.45, 7) is 0. The molecule has 0 bridgehead atoms. The molecule has 0 amide bonds. The topological polar surface area (TPSA) is 161 Å². The minimum atomic E-state index is -0.500. The van der Waals surface area contributed by atoms with Crippen LogP contribution in [0.5, 0.6) is 0 Å². The molecule has 13 heavy (non-hydrogen) atoms. The van der Waals surface area contributed by atoms with Crippen LogP contribution in [0.15, 0.2) is 0 Å². The molecule has 0 aromatic heterocycles. The molecule has 0 aliphatic heterocycles. The van der Waals surface area contributed by atoms with E-state index in [1.54, 1.807) is 0 Å². The molecule has 0 saturated heterocycles. The molecule has 0 aromatic carbocycles. The van der Waals surface area contributed by atoms with Crippen LogP contribution in [-0.2, 0) is 40.5 Å². The summed E-state index contributed by atoms with van der Waals surface area (Å²) in [4.78, 5) is 0. The van der Waals surface area contributed by atoms with Gasteiger partial charge in [0, 0.05) is 0 Å². The second-order valence-corrected chi connectivity index (χ2v) is 0.385. The Hall–Kier alpha value is -0.626. The molecular formula is B4O8Ti. The minimum absolute atomic E-state index is 0. The fourth-order valence-corrected chi connectivity index (χ4v) is 0. The third-order valence-corrected chi connectivity index (χ3v) is 0. The van der Waals surface area contributed by atoms with Crippen molar-refractivity contribution in [2.75, 3.05) is 0 Å². The Morgan fingerprint density at radius 2 is 0.538 bits per heavy atom. The summed E-state index contributed by atoms with van der Waals surface area (Å²) in [6, 6.07) is 0.